The standard InChI is InChI=1S/C27H29F4N3O/c1-25(2,28)15-22(24(35)34-26(16-32)13-14-26)33-23(27(29,30)31)21-11-9-20(10-12-21)19-7-5-18(6-8-19)17-3-4-17/h5-12,17,22-23,33H,3-4,13-15H2,1-2H3,(H,34,35)/t22-,23-/m0/s1. The van der Waals surface area contributed by atoms with E-state index < -0.39 is 41.8 Å². The lowest BCUT2D eigenvalue weighted by molar-refractivity contribution is -0.161. The van der Waals surface area contributed by atoms with Crippen LogP contribution in [0.25, 0.3) is 11.1 Å². The maximum Gasteiger partial charge on any atom is 0.407 e. The maximum absolute atomic E-state index is 14.4. The lowest BCUT2D eigenvalue weighted by Crippen LogP contribution is -2.53. The van der Waals surface area contributed by atoms with Crippen molar-refractivity contribution in [1.82, 2.24) is 10.6 Å². The van der Waals surface area contributed by atoms with E-state index in [0.717, 1.165) is 11.1 Å². The first kappa shape index (κ1) is 25.2. The van der Waals surface area contributed by atoms with Gasteiger partial charge in [0.1, 0.15) is 17.2 Å². The van der Waals surface area contributed by atoms with Gasteiger partial charge in [0.05, 0.1) is 12.1 Å². The van der Waals surface area contributed by atoms with Crippen LogP contribution in [0.2, 0.25) is 0 Å². The van der Waals surface area contributed by atoms with Crippen LogP contribution in [0.5, 0.6) is 0 Å². The van der Waals surface area contributed by atoms with Crippen molar-refractivity contribution in [3.05, 3.63) is 59.7 Å². The number of nitrogens with zero attached hydrogens (tertiary/aromatic N) is 1. The molecule has 8 heteroatoms. The van der Waals surface area contributed by atoms with Crippen molar-refractivity contribution in [2.45, 2.75) is 81.3 Å². The van der Waals surface area contributed by atoms with Crippen molar-refractivity contribution in [3.63, 3.8) is 0 Å². The van der Waals surface area contributed by atoms with Gasteiger partial charge in [0.25, 0.3) is 0 Å². The average Bonchev–Trinajstić information content (AvgIpc) is 3.71. The topological polar surface area (TPSA) is 64.9 Å². The third-order valence-electron chi connectivity index (χ3n) is 6.56. The SMILES string of the molecule is CC(C)(F)C[C@H](N[C@@H](c1ccc(-c2ccc(C3CC3)cc2)cc1)C(F)(F)F)C(=O)NC1(C#N)CC1. The Bertz CT molecular complexity index is 1090. The fourth-order valence-corrected chi connectivity index (χ4v) is 4.24. The molecule has 0 aromatic heterocycles. The zero-order valence-corrected chi connectivity index (χ0v) is 19.8. The molecule has 1 amide bonds. The lowest BCUT2D eigenvalue weighted by atomic mass is 9.96. The van der Waals surface area contributed by atoms with Crippen molar-refractivity contribution < 1.29 is 22.4 Å². The second-order valence-corrected chi connectivity index (χ2v) is 10.3. The zero-order chi connectivity index (χ0) is 25.4. The normalized spacial score (nSPS) is 18.9. The van der Waals surface area contributed by atoms with Crippen LogP contribution >= 0.6 is 0 Å². The van der Waals surface area contributed by atoms with Gasteiger partial charge in [-0.05, 0) is 67.7 Å². The third kappa shape index (κ3) is 6.40. The zero-order valence-electron chi connectivity index (χ0n) is 19.8. The predicted octanol–water partition coefficient (Wildman–Crippen LogP) is 6.10. The summed E-state index contributed by atoms with van der Waals surface area (Å²) in [5.41, 5.74) is -0.0867. The number of amides is 1. The van der Waals surface area contributed by atoms with E-state index in [1.54, 1.807) is 12.1 Å². The van der Waals surface area contributed by atoms with Gasteiger partial charge in [-0.25, -0.2) is 4.39 Å². The molecule has 35 heavy (non-hydrogen) atoms. The van der Waals surface area contributed by atoms with Gasteiger partial charge in [-0.3, -0.25) is 10.1 Å². The first-order chi connectivity index (χ1) is 16.4. The maximum atomic E-state index is 14.4. The molecule has 0 aliphatic heterocycles. The molecule has 4 nitrogen and oxygen atoms in total. The minimum atomic E-state index is -4.72. The summed E-state index contributed by atoms with van der Waals surface area (Å²) in [6.45, 7) is 2.41. The molecule has 0 unspecified atom stereocenters. The van der Waals surface area contributed by atoms with E-state index in [0.29, 0.717) is 18.8 Å². The Hall–Kier alpha value is -2.92. The molecule has 0 spiro atoms. The Kier molecular flexibility index (Phi) is 6.67. The fourth-order valence-electron chi connectivity index (χ4n) is 4.24. The molecule has 2 fully saturated rings. The van der Waals surface area contributed by atoms with Gasteiger partial charge in [0, 0.05) is 6.42 Å². The van der Waals surface area contributed by atoms with E-state index in [4.69, 9.17) is 0 Å². The van der Waals surface area contributed by atoms with Crippen LogP contribution in [-0.2, 0) is 4.79 Å². The van der Waals surface area contributed by atoms with Crippen LogP contribution in [-0.4, -0.2) is 29.3 Å². The van der Waals surface area contributed by atoms with Crippen molar-refractivity contribution in [2.75, 3.05) is 0 Å². The monoisotopic (exact) mass is 487 g/mol. The Morgan fingerprint density at radius 3 is 2.00 bits per heavy atom. The first-order valence-electron chi connectivity index (χ1n) is 11.8. The number of nitrogens with one attached hydrogen (secondary N) is 2. The van der Waals surface area contributed by atoms with E-state index in [2.05, 4.69) is 22.8 Å². The highest BCUT2D eigenvalue weighted by Gasteiger charge is 2.48. The van der Waals surface area contributed by atoms with Crippen LogP contribution in [0.4, 0.5) is 17.6 Å². The molecule has 0 bridgehead atoms. The molecule has 186 valence electrons. The largest absolute Gasteiger partial charge is 0.407 e. The molecular formula is C27H29F4N3O. The van der Waals surface area contributed by atoms with Crippen molar-refractivity contribution in [1.29, 1.82) is 5.26 Å². The molecule has 0 heterocycles. The molecule has 2 N–H and O–H groups in total. The van der Waals surface area contributed by atoms with Gasteiger partial charge in [-0.15, -0.1) is 0 Å². The van der Waals surface area contributed by atoms with E-state index in [-0.39, 0.29) is 5.56 Å². The number of carbonyl (C=O) groups excluding carboxylic acids is 1. The minimum absolute atomic E-state index is 0.0771. The molecule has 4 rings (SSSR count). The van der Waals surface area contributed by atoms with Gasteiger partial charge < -0.3 is 5.32 Å². The number of hydrogen-bond acceptors (Lipinski definition) is 3. The highest BCUT2D eigenvalue weighted by molar-refractivity contribution is 5.83. The van der Waals surface area contributed by atoms with E-state index in [1.165, 1.54) is 44.4 Å². The number of carbonyl (C=O) groups is 1. The summed E-state index contributed by atoms with van der Waals surface area (Å²) in [5, 5.41) is 14.1. The molecule has 0 radical (unpaired) electrons. The summed E-state index contributed by atoms with van der Waals surface area (Å²) >= 11 is 0. The second kappa shape index (κ2) is 9.27. The number of benzene rings is 2. The van der Waals surface area contributed by atoms with Crippen LogP contribution < -0.4 is 10.6 Å². The van der Waals surface area contributed by atoms with Gasteiger partial charge in [-0.1, -0.05) is 48.5 Å². The Balaban J connectivity index is 1.54. The second-order valence-electron chi connectivity index (χ2n) is 10.3. The lowest BCUT2D eigenvalue weighted by Gasteiger charge is -2.30. The third-order valence-corrected chi connectivity index (χ3v) is 6.56. The quantitative estimate of drug-likeness (QED) is 0.420. The van der Waals surface area contributed by atoms with Gasteiger partial charge in [-0.2, -0.15) is 18.4 Å². The van der Waals surface area contributed by atoms with Crippen molar-refractivity contribution in [3.8, 4) is 17.2 Å². The number of rotatable bonds is 9. The summed E-state index contributed by atoms with van der Waals surface area (Å²) in [6, 6.07) is 12.4. The molecular weight excluding hydrogens is 458 g/mol. The van der Waals surface area contributed by atoms with Crippen LogP contribution in [0.1, 0.15) is 69.0 Å². The summed E-state index contributed by atoms with van der Waals surface area (Å²) in [4.78, 5) is 12.8. The first-order valence-corrected chi connectivity index (χ1v) is 11.8. The minimum Gasteiger partial charge on any atom is -0.336 e. The van der Waals surface area contributed by atoms with Gasteiger partial charge in [0.2, 0.25) is 5.91 Å². The summed E-state index contributed by atoms with van der Waals surface area (Å²) in [5.74, 6) is -0.191. The van der Waals surface area contributed by atoms with E-state index >= 15 is 0 Å². The van der Waals surface area contributed by atoms with E-state index in [9.17, 15) is 27.6 Å². The van der Waals surface area contributed by atoms with Gasteiger partial charge >= 0.3 is 6.18 Å². The molecule has 2 aromatic rings. The molecule has 0 saturated heterocycles. The highest BCUT2D eigenvalue weighted by Crippen LogP contribution is 2.41. The number of nitriles is 1. The molecule has 2 aliphatic carbocycles. The number of halogens is 4. The Morgan fingerprint density at radius 1 is 1.03 bits per heavy atom. The summed E-state index contributed by atoms with van der Waals surface area (Å²) < 4.78 is 56.7. The average molecular weight is 488 g/mol. The van der Waals surface area contributed by atoms with Crippen molar-refractivity contribution in [2.24, 2.45) is 0 Å². The smallest absolute Gasteiger partial charge is 0.336 e. The number of hydrogen-bond donors (Lipinski definition) is 2. The molecule has 2 saturated carbocycles. The Labute approximate surface area is 202 Å². The van der Waals surface area contributed by atoms with Gasteiger partial charge in [0.15, 0.2) is 0 Å². The van der Waals surface area contributed by atoms with Crippen LogP contribution in [0.15, 0.2) is 48.5 Å². The molecule has 2 aromatic carbocycles. The van der Waals surface area contributed by atoms with Crippen molar-refractivity contribution >= 4 is 5.91 Å². The molecule has 2 atom stereocenters. The fraction of sp³-hybridized carbons (Fsp3) is 0.481. The predicted molar refractivity (Wildman–Crippen MR) is 125 cm³/mol. The summed E-state index contributed by atoms with van der Waals surface area (Å²) in [6.07, 6.45) is -1.97. The van der Waals surface area contributed by atoms with Crippen LogP contribution in [0.3, 0.4) is 0 Å². The molecule has 2 aliphatic rings. The Morgan fingerprint density at radius 2 is 1.57 bits per heavy atom. The van der Waals surface area contributed by atoms with E-state index in [1.807, 2.05) is 18.2 Å². The summed E-state index contributed by atoms with van der Waals surface area (Å²) in [7, 11) is 0. The highest BCUT2D eigenvalue weighted by atomic mass is 19.4. The number of alkyl halides is 4. The van der Waals surface area contributed by atoms with Crippen LogP contribution in [0, 0.1) is 11.3 Å².